The van der Waals surface area contributed by atoms with Crippen molar-refractivity contribution < 1.29 is 30.0 Å². The maximum atomic E-state index is 11.1. The Kier molecular flexibility index (Phi) is 11.4. The molecule has 0 unspecified atom stereocenters. The van der Waals surface area contributed by atoms with Crippen molar-refractivity contribution in [1.82, 2.24) is 0 Å². The number of carboxylic acids is 2. The van der Waals surface area contributed by atoms with Crippen LogP contribution in [0.5, 0.6) is 11.5 Å². The topological polar surface area (TPSA) is 121 Å². The van der Waals surface area contributed by atoms with Crippen molar-refractivity contribution in [2.24, 2.45) is 0 Å². The van der Waals surface area contributed by atoms with Crippen LogP contribution in [0, 0.1) is 0 Å². The molecule has 0 radical (unpaired) electrons. The van der Waals surface area contributed by atoms with E-state index in [1.165, 1.54) is 12.1 Å². The number of aromatic carboxylic acids is 2. The van der Waals surface area contributed by atoms with Crippen LogP contribution < -0.4 is 10.2 Å². The predicted molar refractivity (Wildman–Crippen MR) is 145 cm³/mol. The number of benzene rings is 2. The van der Waals surface area contributed by atoms with Gasteiger partial charge in [-0.25, -0.2) is 0 Å². The maximum absolute atomic E-state index is 11.1. The first kappa shape index (κ1) is 35.2. The summed E-state index contributed by atoms with van der Waals surface area (Å²) in [6, 6.07) is 6.75. The van der Waals surface area contributed by atoms with Crippen molar-refractivity contribution in [3.05, 3.63) is 57.6 Å². The van der Waals surface area contributed by atoms with Crippen LogP contribution in [-0.4, -0.2) is 59.9 Å². The van der Waals surface area contributed by atoms with Crippen LogP contribution in [0.4, 0.5) is 0 Å². The fraction of sp³-hybridized carbons (Fsp3) is 0.533. The molecule has 6 nitrogen and oxygen atoms in total. The van der Waals surface area contributed by atoms with Gasteiger partial charge in [-0.15, -0.1) is 0 Å². The standard InChI is InChI=1S/2C15H22O3.Ca/c2*1-14(2,3)9-7-10(13(17)18)12(16)11(8-9)15(4,5)6;/h2*7-8,16H,1-6H3,(H,17,18);/q;;+2/p-2. The second-order valence-electron chi connectivity index (χ2n) is 13.4. The largest absolute Gasteiger partial charge is 2.00 e. The Bertz CT molecular complexity index is 1050. The summed E-state index contributed by atoms with van der Waals surface area (Å²) in [5.74, 6) is -3.06. The van der Waals surface area contributed by atoms with Crippen LogP contribution in [0.15, 0.2) is 24.3 Å². The van der Waals surface area contributed by atoms with E-state index in [0.29, 0.717) is 11.1 Å². The van der Waals surface area contributed by atoms with E-state index in [0.717, 1.165) is 11.1 Å². The average molecular weight is 539 g/mol. The fourth-order valence-electron chi connectivity index (χ4n) is 3.59. The third kappa shape index (κ3) is 9.19. The summed E-state index contributed by atoms with van der Waals surface area (Å²) in [6.07, 6.45) is 0. The first-order valence-electron chi connectivity index (χ1n) is 12.1. The minimum absolute atomic E-state index is 0. The molecule has 0 fully saturated rings. The van der Waals surface area contributed by atoms with Crippen molar-refractivity contribution in [3.8, 4) is 11.5 Å². The summed E-state index contributed by atoms with van der Waals surface area (Å²) < 4.78 is 0. The molecule has 0 bridgehead atoms. The molecule has 37 heavy (non-hydrogen) atoms. The van der Waals surface area contributed by atoms with Gasteiger partial charge in [-0.1, -0.05) is 95.2 Å². The van der Waals surface area contributed by atoms with Gasteiger partial charge in [0.2, 0.25) is 0 Å². The summed E-state index contributed by atoms with van der Waals surface area (Å²) in [7, 11) is 0. The molecule has 0 aliphatic heterocycles. The fourth-order valence-corrected chi connectivity index (χ4v) is 3.59. The molecule has 0 atom stereocenters. The van der Waals surface area contributed by atoms with Gasteiger partial charge in [-0.05, 0) is 44.9 Å². The van der Waals surface area contributed by atoms with Gasteiger partial charge in [-0.3, -0.25) is 0 Å². The van der Waals surface area contributed by atoms with Gasteiger partial charge >= 0.3 is 37.7 Å². The predicted octanol–water partition coefficient (Wildman–Crippen LogP) is 4.32. The molecule has 0 aliphatic carbocycles. The zero-order chi connectivity index (χ0) is 28.6. The number of hydrogen-bond acceptors (Lipinski definition) is 6. The Morgan fingerprint density at radius 2 is 0.784 bits per heavy atom. The molecule has 200 valence electrons. The summed E-state index contributed by atoms with van der Waals surface area (Å²) in [5.41, 5.74) is 1.75. The minimum Gasteiger partial charge on any atom is -0.545 e. The van der Waals surface area contributed by atoms with Gasteiger partial charge in [0, 0.05) is 22.3 Å². The maximum Gasteiger partial charge on any atom is 2.00 e. The normalized spacial score (nSPS) is 12.2. The first-order chi connectivity index (χ1) is 15.9. The zero-order valence-electron chi connectivity index (χ0n) is 24.5. The second kappa shape index (κ2) is 12.0. The number of carbonyl (C=O) groups excluding carboxylic acids is 2. The number of hydrogen-bond donors (Lipinski definition) is 2. The van der Waals surface area contributed by atoms with E-state index in [1.54, 1.807) is 0 Å². The van der Waals surface area contributed by atoms with E-state index in [1.807, 2.05) is 95.2 Å². The molecule has 0 saturated carbocycles. The van der Waals surface area contributed by atoms with E-state index in [4.69, 9.17) is 0 Å². The van der Waals surface area contributed by atoms with Crippen molar-refractivity contribution in [2.45, 2.75) is 105 Å². The molecule has 0 aliphatic rings. The monoisotopic (exact) mass is 538 g/mol. The Morgan fingerprint density at radius 1 is 0.541 bits per heavy atom. The van der Waals surface area contributed by atoms with E-state index >= 15 is 0 Å². The summed E-state index contributed by atoms with van der Waals surface area (Å²) in [4.78, 5) is 22.2. The summed E-state index contributed by atoms with van der Waals surface area (Å²) in [6.45, 7) is 23.7. The molecule has 7 heteroatoms. The van der Waals surface area contributed by atoms with Crippen molar-refractivity contribution in [2.75, 3.05) is 0 Å². The Morgan fingerprint density at radius 3 is 0.946 bits per heavy atom. The first-order valence-corrected chi connectivity index (χ1v) is 12.1. The molecule has 0 heterocycles. The third-order valence-electron chi connectivity index (χ3n) is 6.01. The number of rotatable bonds is 2. The van der Waals surface area contributed by atoms with Crippen molar-refractivity contribution in [1.29, 1.82) is 0 Å². The van der Waals surface area contributed by atoms with E-state index in [9.17, 15) is 30.0 Å². The Labute approximate surface area is 252 Å². The van der Waals surface area contributed by atoms with Crippen LogP contribution in [0.1, 0.15) is 126 Å². The Hall–Kier alpha value is -1.76. The number of carboxylic acid groups (broad SMARTS) is 2. The van der Waals surface area contributed by atoms with Gasteiger partial charge < -0.3 is 30.0 Å². The van der Waals surface area contributed by atoms with Crippen LogP contribution in [0.25, 0.3) is 0 Å². The van der Waals surface area contributed by atoms with Gasteiger partial charge in [0.25, 0.3) is 0 Å². The Balaban J connectivity index is 0.000000682. The van der Waals surface area contributed by atoms with Crippen LogP contribution in [-0.2, 0) is 21.7 Å². The van der Waals surface area contributed by atoms with Gasteiger partial charge in [-0.2, -0.15) is 0 Å². The number of aromatic hydroxyl groups is 2. The molecule has 2 N–H and O–H groups in total. The molecular formula is C30H42CaO6. The van der Waals surface area contributed by atoms with E-state index in [-0.39, 0.29) is 82.0 Å². The van der Waals surface area contributed by atoms with Crippen LogP contribution in [0.3, 0.4) is 0 Å². The molecule has 2 aromatic rings. The SMILES string of the molecule is CC(C)(C)c1cc(C(=O)[O-])c(O)c(C(C)(C)C)c1.CC(C)(C)c1cc(C(=O)[O-])c(O)c(C(C)(C)C)c1.[Ca+2]. The molecule has 0 amide bonds. The third-order valence-corrected chi connectivity index (χ3v) is 6.01. The molecule has 0 saturated heterocycles. The quantitative estimate of drug-likeness (QED) is 0.550. The van der Waals surface area contributed by atoms with Crippen LogP contribution in [0.2, 0.25) is 0 Å². The summed E-state index contributed by atoms with van der Waals surface area (Å²) >= 11 is 0. The van der Waals surface area contributed by atoms with Crippen LogP contribution >= 0.6 is 0 Å². The van der Waals surface area contributed by atoms with E-state index < -0.39 is 11.9 Å². The minimum atomic E-state index is -1.34. The molecule has 2 aromatic carbocycles. The summed E-state index contributed by atoms with van der Waals surface area (Å²) in [5, 5.41) is 42.3. The molecule has 0 aromatic heterocycles. The van der Waals surface area contributed by atoms with Crippen molar-refractivity contribution >= 4 is 49.7 Å². The molecule has 2 rings (SSSR count). The molecule has 0 spiro atoms. The van der Waals surface area contributed by atoms with Gasteiger partial charge in [0.15, 0.2) is 0 Å². The smallest absolute Gasteiger partial charge is 0.545 e. The number of carbonyl (C=O) groups is 2. The average Bonchev–Trinajstić information content (AvgIpc) is 2.64. The number of phenols is 2. The van der Waals surface area contributed by atoms with E-state index in [2.05, 4.69) is 0 Å². The van der Waals surface area contributed by atoms with Crippen molar-refractivity contribution in [3.63, 3.8) is 0 Å². The van der Waals surface area contributed by atoms with Gasteiger partial charge in [0.1, 0.15) is 11.5 Å². The second-order valence-corrected chi connectivity index (χ2v) is 13.4. The molecular weight excluding hydrogens is 496 g/mol. The zero-order valence-corrected chi connectivity index (χ0v) is 26.8. The van der Waals surface area contributed by atoms with Gasteiger partial charge in [0.05, 0.1) is 11.9 Å².